The largest absolute Gasteiger partial charge is 0.399 e. The van der Waals surface area contributed by atoms with Crippen molar-refractivity contribution in [3.63, 3.8) is 0 Å². The van der Waals surface area contributed by atoms with Crippen LogP contribution >= 0.6 is 11.3 Å². The molecule has 0 aliphatic rings. The van der Waals surface area contributed by atoms with Gasteiger partial charge >= 0.3 is 0 Å². The summed E-state index contributed by atoms with van der Waals surface area (Å²) in [5.41, 5.74) is 8.65. The second kappa shape index (κ2) is 5.46. The Morgan fingerprint density at radius 2 is 2.15 bits per heavy atom. The van der Waals surface area contributed by atoms with Crippen molar-refractivity contribution in [2.24, 2.45) is 0 Å². The number of thiazole rings is 1. The van der Waals surface area contributed by atoms with Gasteiger partial charge in [0.2, 0.25) is 0 Å². The molecule has 0 atom stereocenters. The van der Waals surface area contributed by atoms with Crippen molar-refractivity contribution in [2.45, 2.75) is 13.5 Å². The van der Waals surface area contributed by atoms with Crippen molar-refractivity contribution < 1.29 is 0 Å². The highest BCUT2D eigenvalue weighted by molar-refractivity contribution is 7.22. The van der Waals surface area contributed by atoms with Crippen LogP contribution in [-0.2, 0) is 6.54 Å². The van der Waals surface area contributed by atoms with Gasteiger partial charge in [0.1, 0.15) is 0 Å². The zero-order valence-corrected chi connectivity index (χ0v) is 12.1. The molecule has 4 nitrogen and oxygen atoms in total. The zero-order valence-electron chi connectivity index (χ0n) is 11.3. The third-order valence-electron chi connectivity index (χ3n) is 3.13. The molecular formula is C15H16N4S. The number of hydrogen-bond donors (Lipinski definition) is 1. The van der Waals surface area contributed by atoms with E-state index in [2.05, 4.69) is 21.8 Å². The Morgan fingerprint density at radius 3 is 2.90 bits per heavy atom. The first-order valence-corrected chi connectivity index (χ1v) is 7.39. The number of anilines is 2. The summed E-state index contributed by atoms with van der Waals surface area (Å²) in [5, 5.41) is 1.01. The van der Waals surface area contributed by atoms with Crippen LogP contribution in [0.1, 0.15) is 12.6 Å². The predicted molar refractivity (Wildman–Crippen MR) is 85.0 cm³/mol. The standard InChI is InChI=1S/C15H16N4S/c1-2-19(10-12-5-3-4-8-17-12)15-18-13-7-6-11(16)9-14(13)20-15/h3-9H,2,10,16H2,1H3. The van der Waals surface area contributed by atoms with Gasteiger partial charge in [-0.1, -0.05) is 17.4 Å². The van der Waals surface area contributed by atoms with Crippen molar-refractivity contribution in [1.29, 1.82) is 0 Å². The van der Waals surface area contributed by atoms with Gasteiger partial charge in [0.15, 0.2) is 5.13 Å². The van der Waals surface area contributed by atoms with Crippen LogP contribution in [0.4, 0.5) is 10.8 Å². The van der Waals surface area contributed by atoms with Gasteiger partial charge in [-0.25, -0.2) is 4.98 Å². The zero-order chi connectivity index (χ0) is 13.9. The molecule has 0 aliphatic heterocycles. The van der Waals surface area contributed by atoms with Crippen molar-refractivity contribution in [1.82, 2.24) is 9.97 Å². The van der Waals surface area contributed by atoms with Gasteiger partial charge in [-0.3, -0.25) is 4.98 Å². The van der Waals surface area contributed by atoms with Crippen LogP contribution in [0.2, 0.25) is 0 Å². The van der Waals surface area contributed by atoms with Gasteiger partial charge in [0.25, 0.3) is 0 Å². The Labute approximate surface area is 121 Å². The van der Waals surface area contributed by atoms with Crippen LogP contribution in [0.5, 0.6) is 0 Å². The number of aromatic nitrogens is 2. The van der Waals surface area contributed by atoms with E-state index in [-0.39, 0.29) is 0 Å². The van der Waals surface area contributed by atoms with E-state index in [1.165, 1.54) is 0 Å². The molecule has 0 saturated carbocycles. The number of hydrogen-bond acceptors (Lipinski definition) is 5. The third-order valence-corrected chi connectivity index (χ3v) is 4.21. The Bertz CT molecular complexity index is 708. The monoisotopic (exact) mass is 284 g/mol. The van der Waals surface area contributed by atoms with Gasteiger partial charge in [0.05, 0.1) is 22.5 Å². The maximum absolute atomic E-state index is 5.82. The van der Waals surface area contributed by atoms with Crippen LogP contribution in [-0.4, -0.2) is 16.5 Å². The molecule has 0 unspecified atom stereocenters. The molecule has 2 aromatic heterocycles. The van der Waals surface area contributed by atoms with E-state index < -0.39 is 0 Å². The minimum Gasteiger partial charge on any atom is -0.399 e. The molecule has 0 amide bonds. The highest BCUT2D eigenvalue weighted by Gasteiger charge is 2.11. The van der Waals surface area contributed by atoms with Crippen LogP contribution in [0.3, 0.4) is 0 Å². The van der Waals surface area contributed by atoms with E-state index >= 15 is 0 Å². The van der Waals surface area contributed by atoms with Crippen molar-refractivity contribution in [3.05, 3.63) is 48.3 Å². The first-order valence-electron chi connectivity index (χ1n) is 6.57. The van der Waals surface area contributed by atoms with E-state index in [4.69, 9.17) is 5.73 Å². The fourth-order valence-corrected chi connectivity index (χ4v) is 3.14. The predicted octanol–water partition coefficient (Wildman–Crippen LogP) is 3.30. The summed E-state index contributed by atoms with van der Waals surface area (Å²) < 4.78 is 1.12. The van der Waals surface area contributed by atoms with Gasteiger partial charge in [-0.2, -0.15) is 0 Å². The van der Waals surface area contributed by atoms with Gasteiger partial charge in [0, 0.05) is 18.4 Å². The number of nitrogens with two attached hydrogens (primary N) is 1. The van der Waals surface area contributed by atoms with Crippen LogP contribution in [0, 0.1) is 0 Å². The van der Waals surface area contributed by atoms with E-state index in [9.17, 15) is 0 Å². The fourth-order valence-electron chi connectivity index (χ4n) is 2.07. The summed E-state index contributed by atoms with van der Waals surface area (Å²) in [5.74, 6) is 0. The summed E-state index contributed by atoms with van der Waals surface area (Å²) in [6.45, 7) is 3.79. The summed E-state index contributed by atoms with van der Waals surface area (Å²) in [6, 6.07) is 11.8. The SMILES string of the molecule is CCN(Cc1ccccn1)c1nc2ccc(N)cc2s1. The van der Waals surface area contributed by atoms with Gasteiger partial charge in [-0.15, -0.1) is 0 Å². The lowest BCUT2D eigenvalue weighted by Crippen LogP contribution is -2.22. The Kier molecular flexibility index (Phi) is 3.52. The molecule has 20 heavy (non-hydrogen) atoms. The maximum Gasteiger partial charge on any atom is 0.186 e. The fraction of sp³-hybridized carbons (Fsp3) is 0.200. The molecule has 0 aliphatic carbocycles. The first-order chi connectivity index (χ1) is 9.76. The topological polar surface area (TPSA) is 55.0 Å². The number of fused-ring (bicyclic) bond motifs is 1. The van der Waals surface area contributed by atoms with Crippen LogP contribution in [0.25, 0.3) is 10.2 Å². The lowest BCUT2D eigenvalue weighted by Gasteiger charge is -2.18. The molecule has 5 heteroatoms. The summed E-state index contributed by atoms with van der Waals surface area (Å²) in [4.78, 5) is 11.3. The molecule has 0 fully saturated rings. The summed E-state index contributed by atoms with van der Waals surface area (Å²) in [7, 11) is 0. The Hall–Kier alpha value is -2.14. The normalized spacial score (nSPS) is 10.8. The molecule has 3 rings (SSSR count). The minimum atomic E-state index is 0.770. The minimum absolute atomic E-state index is 0.770. The van der Waals surface area contributed by atoms with Gasteiger partial charge < -0.3 is 10.6 Å². The molecule has 2 N–H and O–H groups in total. The Morgan fingerprint density at radius 1 is 1.25 bits per heavy atom. The molecule has 0 spiro atoms. The van der Waals surface area contributed by atoms with Gasteiger partial charge in [-0.05, 0) is 37.3 Å². The van der Waals surface area contributed by atoms with E-state index in [0.717, 1.165) is 39.8 Å². The molecule has 3 aromatic rings. The average molecular weight is 284 g/mol. The average Bonchev–Trinajstić information content (AvgIpc) is 2.88. The van der Waals surface area contributed by atoms with Crippen molar-refractivity contribution >= 4 is 32.4 Å². The lowest BCUT2D eigenvalue weighted by atomic mass is 10.3. The molecule has 1 aromatic carbocycles. The molecular weight excluding hydrogens is 268 g/mol. The molecule has 102 valence electrons. The number of rotatable bonds is 4. The first kappa shape index (κ1) is 12.9. The second-order valence-electron chi connectivity index (χ2n) is 4.56. The molecule has 0 bridgehead atoms. The van der Waals surface area contributed by atoms with E-state index in [1.54, 1.807) is 11.3 Å². The highest BCUT2D eigenvalue weighted by atomic mass is 32.1. The molecule has 0 saturated heterocycles. The summed E-state index contributed by atoms with van der Waals surface area (Å²) >= 11 is 1.67. The number of nitrogens with zero attached hydrogens (tertiary/aromatic N) is 3. The number of nitrogen functional groups attached to an aromatic ring is 1. The Balaban J connectivity index is 1.91. The second-order valence-corrected chi connectivity index (χ2v) is 5.57. The lowest BCUT2D eigenvalue weighted by molar-refractivity contribution is 0.806. The van der Waals surface area contributed by atoms with Crippen LogP contribution < -0.4 is 10.6 Å². The quantitative estimate of drug-likeness (QED) is 0.747. The molecule has 0 radical (unpaired) electrons. The number of pyridine rings is 1. The smallest absolute Gasteiger partial charge is 0.186 e. The third kappa shape index (κ3) is 2.58. The summed E-state index contributed by atoms with van der Waals surface area (Å²) in [6.07, 6.45) is 1.82. The van der Waals surface area contributed by atoms with Crippen LogP contribution in [0.15, 0.2) is 42.6 Å². The van der Waals surface area contributed by atoms with Crippen molar-refractivity contribution in [2.75, 3.05) is 17.2 Å². The van der Waals surface area contributed by atoms with Crippen molar-refractivity contribution in [3.8, 4) is 0 Å². The van der Waals surface area contributed by atoms with E-state index in [0.29, 0.717) is 0 Å². The van der Waals surface area contributed by atoms with E-state index in [1.807, 2.05) is 42.6 Å². The maximum atomic E-state index is 5.82. The highest BCUT2D eigenvalue weighted by Crippen LogP contribution is 2.30. The number of benzene rings is 1. The molecule has 2 heterocycles.